The van der Waals surface area contributed by atoms with E-state index in [-0.39, 0.29) is 0 Å². The molecule has 0 radical (unpaired) electrons. The highest BCUT2D eigenvalue weighted by atomic mass is 32.2. The van der Waals surface area contributed by atoms with Crippen LogP contribution in [-0.2, 0) is 0 Å². The third-order valence-corrected chi connectivity index (χ3v) is 8.53. The van der Waals surface area contributed by atoms with Gasteiger partial charge in [-0.3, -0.25) is 0 Å². The molecule has 0 saturated heterocycles. The zero-order chi connectivity index (χ0) is 16.4. The minimum absolute atomic E-state index is 0.664. The van der Waals surface area contributed by atoms with Crippen molar-refractivity contribution >= 4 is 11.8 Å². The lowest BCUT2D eigenvalue weighted by atomic mass is 9.83. The van der Waals surface area contributed by atoms with Crippen LogP contribution in [0.2, 0.25) is 0 Å². The molecule has 2 aliphatic rings. The standard InChI is InChI=1S/C22H42S/c1-3-5-9-15-21(17-11-7-12-18-21)23-22(16-10-6-4-2)19-13-8-14-20-22/h3-20H2,1-2H3. The Kier molecular flexibility index (Phi) is 8.87. The van der Waals surface area contributed by atoms with E-state index in [1.807, 2.05) is 0 Å². The van der Waals surface area contributed by atoms with E-state index in [0.29, 0.717) is 9.49 Å². The van der Waals surface area contributed by atoms with E-state index in [1.54, 1.807) is 0 Å². The summed E-state index contributed by atoms with van der Waals surface area (Å²) in [7, 11) is 0. The van der Waals surface area contributed by atoms with E-state index < -0.39 is 0 Å². The molecule has 0 heterocycles. The fourth-order valence-corrected chi connectivity index (χ4v) is 7.45. The van der Waals surface area contributed by atoms with Gasteiger partial charge in [-0.2, -0.15) is 0 Å². The highest BCUT2D eigenvalue weighted by Gasteiger charge is 2.42. The molecule has 2 aliphatic carbocycles. The molecule has 0 nitrogen and oxygen atoms in total. The van der Waals surface area contributed by atoms with E-state index in [1.165, 1.54) is 116 Å². The number of rotatable bonds is 10. The van der Waals surface area contributed by atoms with Crippen LogP contribution < -0.4 is 0 Å². The largest absolute Gasteiger partial charge is 0.148 e. The lowest BCUT2D eigenvalue weighted by Crippen LogP contribution is -2.38. The van der Waals surface area contributed by atoms with Crippen molar-refractivity contribution in [2.75, 3.05) is 0 Å². The summed E-state index contributed by atoms with van der Waals surface area (Å²) in [5.74, 6) is 0. The van der Waals surface area contributed by atoms with Crippen molar-refractivity contribution in [3.63, 3.8) is 0 Å². The maximum Gasteiger partial charge on any atom is 0.0165 e. The molecule has 0 amide bonds. The van der Waals surface area contributed by atoms with E-state index in [4.69, 9.17) is 0 Å². The number of unbranched alkanes of at least 4 members (excludes halogenated alkanes) is 4. The fourth-order valence-electron chi connectivity index (χ4n) is 5.05. The van der Waals surface area contributed by atoms with Gasteiger partial charge in [-0.15, -0.1) is 11.8 Å². The molecule has 0 spiro atoms. The first-order valence-electron chi connectivity index (χ1n) is 10.9. The topological polar surface area (TPSA) is 0 Å². The van der Waals surface area contributed by atoms with Crippen LogP contribution in [0.15, 0.2) is 0 Å². The molecular weight excluding hydrogens is 296 g/mol. The maximum absolute atomic E-state index is 2.54. The van der Waals surface area contributed by atoms with Gasteiger partial charge in [0.1, 0.15) is 0 Å². The summed E-state index contributed by atoms with van der Waals surface area (Å²) >= 11 is 2.54. The van der Waals surface area contributed by atoms with Crippen molar-refractivity contribution in [1.29, 1.82) is 0 Å². The predicted molar refractivity (Wildman–Crippen MR) is 108 cm³/mol. The van der Waals surface area contributed by atoms with Crippen LogP contribution in [0.3, 0.4) is 0 Å². The Morgan fingerprint density at radius 3 is 1.30 bits per heavy atom. The van der Waals surface area contributed by atoms with Gasteiger partial charge in [0.2, 0.25) is 0 Å². The third-order valence-electron chi connectivity index (χ3n) is 6.43. The molecule has 0 aliphatic heterocycles. The van der Waals surface area contributed by atoms with Crippen molar-refractivity contribution in [2.45, 2.75) is 139 Å². The van der Waals surface area contributed by atoms with Crippen LogP contribution in [0.5, 0.6) is 0 Å². The molecule has 2 fully saturated rings. The van der Waals surface area contributed by atoms with E-state index in [2.05, 4.69) is 25.6 Å². The number of hydrogen-bond acceptors (Lipinski definition) is 1. The summed E-state index contributed by atoms with van der Waals surface area (Å²) in [5.41, 5.74) is 0. The molecule has 0 N–H and O–H groups in total. The summed E-state index contributed by atoms with van der Waals surface area (Å²) in [6.45, 7) is 4.71. The number of thioether (sulfide) groups is 1. The minimum atomic E-state index is 0.664. The Hall–Kier alpha value is 0.350. The van der Waals surface area contributed by atoms with Crippen LogP contribution in [0.25, 0.3) is 0 Å². The predicted octanol–water partition coefficient (Wildman–Crippen LogP) is 8.29. The van der Waals surface area contributed by atoms with Gasteiger partial charge in [-0.1, -0.05) is 90.9 Å². The van der Waals surface area contributed by atoms with Gasteiger partial charge in [0.25, 0.3) is 0 Å². The Labute approximate surface area is 151 Å². The van der Waals surface area contributed by atoms with E-state index >= 15 is 0 Å². The van der Waals surface area contributed by atoms with Gasteiger partial charge in [0.15, 0.2) is 0 Å². The maximum atomic E-state index is 2.54. The molecule has 136 valence electrons. The molecule has 0 aromatic carbocycles. The second kappa shape index (κ2) is 10.4. The first kappa shape index (κ1) is 19.7. The first-order valence-corrected chi connectivity index (χ1v) is 11.8. The normalized spacial score (nSPS) is 23.7. The highest BCUT2D eigenvalue weighted by molar-refractivity contribution is 8.02. The summed E-state index contributed by atoms with van der Waals surface area (Å²) in [6.07, 6.45) is 26.8. The van der Waals surface area contributed by atoms with Crippen LogP contribution in [0.4, 0.5) is 0 Å². The molecule has 2 saturated carbocycles. The second-order valence-corrected chi connectivity index (χ2v) is 10.4. The molecule has 23 heavy (non-hydrogen) atoms. The van der Waals surface area contributed by atoms with Crippen LogP contribution in [0, 0.1) is 0 Å². The van der Waals surface area contributed by atoms with Crippen molar-refractivity contribution in [3.8, 4) is 0 Å². The smallest absolute Gasteiger partial charge is 0.0165 e. The quantitative estimate of drug-likeness (QED) is 0.361. The van der Waals surface area contributed by atoms with E-state index in [0.717, 1.165) is 0 Å². The minimum Gasteiger partial charge on any atom is -0.148 e. The summed E-state index contributed by atoms with van der Waals surface area (Å²) < 4.78 is 1.33. The third kappa shape index (κ3) is 6.29. The van der Waals surface area contributed by atoms with Gasteiger partial charge in [0, 0.05) is 9.49 Å². The molecule has 0 aromatic heterocycles. The van der Waals surface area contributed by atoms with Crippen LogP contribution in [-0.4, -0.2) is 9.49 Å². The molecule has 0 aromatic rings. The lowest BCUT2D eigenvalue weighted by Gasteiger charge is -2.47. The zero-order valence-electron chi connectivity index (χ0n) is 16.1. The molecule has 2 rings (SSSR count). The summed E-state index contributed by atoms with van der Waals surface area (Å²) in [4.78, 5) is 0. The average Bonchev–Trinajstić information content (AvgIpc) is 2.57. The van der Waals surface area contributed by atoms with Crippen LogP contribution in [0.1, 0.15) is 129 Å². The average molecular weight is 339 g/mol. The van der Waals surface area contributed by atoms with Crippen LogP contribution >= 0.6 is 11.8 Å². The molecule has 1 heteroatoms. The first-order chi connectivity index (χ1) is 11.2. The second-order valence-electron chi connectivity index (χ2n) is 8.50. The SMILES string of the molecule is CCCCCC1(SC2(CCCCC)CCCCC2)CCCCC1. The van der Waals surface area contributed by atoms with Gasteiger partial charge in [-0.25, -0.2) is 0 Å². The van der Waals surface area contributed by atoms with Gasteiger partial charge < -0.3 is 0 Å². The molecular formula is C22H42S. The fraction of sp³-hybridized carbons (Fsp3) is 1.00. The Balaban J connectivity index is 2.02. The molecule has 0 bridgehead atoms. The molecule has 0 atom stereocenters. The van der Waals surface area contributed by atoms with Crippen molar-refractivity contribution in [1.82, 2.24) is 0 Å². The number of hydrogen-bond donors (Lipinski definition) is 0. The van der Waals surface area contributed by atoms with Gasteiger partial charge >= 0.3 is 0 Å². The summed E-state index contributed by atoms with van der Waals surface area (Å²) in [5, 5.41) is 0. The van der Waals surface area contributed by atoms with E-state index in [9.17, 15) is 0 Å². The Morgan fingerprint density at radius 2 is 0.957 bits per heavy atom. The highest BCUT2D eigenvalue weighted by Crippen LogP contribution is 2.55. The lowest BCUT2D eigenvalue weighted by molar-refractivity contribution is 0.335. The van der Waals surface area contributed by atoms with Crippen molar-refractivity contribution in [2.24, 2.45) is 0 Å². The molecule has 0 unspecified atom stereocenters. The Bertz CT molecular complexity index is 267. The van der Waals surface area contributed by atoms with Gasteiger partial charge in [0.05, 0.1) is 0 Å². The Morgan fingerprint density at radius 1 is 0.565 bits per heavy atom. The van der Waals surface area contributed by atoms with Gasteiger partial charge in [-0.05, 0) is 38.5 Å². The zero-order valence-corrected chi connectivity index (χ0v) is 17.0. The monoisotopic (exact) mass is 338 g/mol. The summed E-state index contributed by atoms with van der Waals surface area (Å²) in [6, 6.07) is 0. The van der Waals surface area contributed by atoms with Crippen molar-refractivity contribution in [3.05, 3.63) is 0 Å². The van der Waals surface area contributed by atoms with Crippen molar-refractivity contribution < 1.29 is 0 Å².